The van der Waals surface area contributed by atoms with Crippen molar-refractivity contribution in [1.29, 1.82) is 0 Å². The Labute approximate surface area is 91.8 Å². The summed E-state index contributed by atoms with van der Waals surface area (Å²) in [7, 11) is 0. The lowest BCUT2D eigenvalue weighted by Gasteiger charge is -2.32. The number of aromatic nitrogens is 2. The van der Waals surface area contributed by atoms with Crippen molar-refractivity contribution in [3.63, 3.8) is 0 Å². The third-order valence-electron chi connectivity index (χ3n) is 2.74. The number of anilines is 1. The Hall–Kier alpha value is -1.20. The van der Waals surface area contributed by atoms with Crippen LogP contribution in [0, 0.1) is 0 Å². The topological polar surface area (TPSA) is 21.1 Å². The molecular formula is C10H14F3N3. The fourth-order valence-electron chi connectivity index (χ4n) is 1.97. The molecule has 1 aliphatic rings. The maximum absolute atomic E-state index is 12.5. The highest BCUT2D eigenvalue weighted by molar-refractivity contribution is 5.43. The minimum Gasteiger partial charge on any atom is -0.354 e. The van der Waals surface area contributed by atoms with Gasteiger partial charge >= 0.3 is 6.18 Å². The number of halogens is 3. The lowest BCUT2D eigenvalue weighted by Crippen LogP contribution is -2.37. The molecule has 1 aromatic heterocycles. The first-order valence-corrected chi connectivity index (χ1v) is 5.31. The Morgan fingerprint density at radius 1 is 1.31 bits per heavy atom. The Kier molecular flexibility index (Phi) is 2.59. The van der Waals surface area contributed by atoms with Crippen molar-refractivity contribution in [2.45, 2.75) is 39.0 Å². The van der Waals surface area contributed by atoms with Crippen molar-refractivity contribution in [3.8, 4) is 0 Å². The van der Waals surface area contributed by atoms with Crippen LogP contribution in [0.4, 0.5) is 19.0 Å². The molecule has 0 saturated carbocycles. The number of nitrogens with zero attached hydrogens (tertiary/aromatic N) is 3. The Balaban J connectivity index is 2.38. The van der Waals surface area contributed by atoms with Crippen molar-refractivity contribution in [3.05, 3.63) is 11.8 Å². The quantitative estimate of drug-likeness (QED) is 0.743. The van der Waals surface area contributed by atoms with Gasteiger partial charge in [0.05, 0.1) is 0 Å². The lowest BCUT2D eigenvalue weighted by atomic mass is 10.2. The standard InChI is InChI=1S/C10H14F3N3/c1-7(2)15-4-3-5-16-9(15)6-8(14-16)10(11,12)13/h6-7H,3-5H2,1-2H3. The molecule has 0 unspecified atom stereocenters. The van der Waals surface area contributed by atoms with Crippen LogP contribution >= 0.6 is 0 Å². The van der Waals surface area contributed by atoms with E-state index in [-0.39, 0.29) is 6.04 Å². The van der Waals surface area contributed by atoms with Crippen LogP contribution in [0.2, 0.25) is 0 Å². The predicted octanol–water partition coefficient (Wildman–Crippen LogP) is 2.52. The summed E-state index contributed by atoms with van der Waals surface area (Å²) >= 11 is 0. The van der Waals surface area contributed by atoms with E-state index >= 15 is 0 Å². The zero-order valence-corrected chi connectivity index (χ0v) is 9.25. The van der Waals surface area contributed by atoms with Crippen LogP contribution in [0.1, 0.15) is 26.0 Å². The van der Waals surface area contributed by atoms with Gasteiger partial charge in [-0.3, -0.25) is 0 Å². The second kappa shape index (κ2) is 3.68. The summed E-state index contributed by atoms with van der Waals surface area (Å²) in [4.78, 5) is 1.95. The molecule has 0 spiro atoms. The molecule has 0 radical (unpaired) electrons. The molecule has 0 atom stereocenters. The average molecular weight is 233 g/mol. The molecule has 0 N–H and O–H groups in total. The van der Waals surface area contributed by atoms with Gasteiger partial charge in [-0.15, -0.1) is 0 Å². The zero-order chi connectivity index (χ0) is 11.9. The van der Waals surface area contributed by atoms with Crippen LogP contribution < -0.4 is 4.90 Å². The SMILES string of the molecule is CC(C)N1CCCn2nc(C(F)(F)F)cc21. The average Bonchev–Trinajstić information content (AvgIpc) is 2.59. The van der Waals surface area contributed by atoms with Crippen molar-refractivity contribution < 1.29 is 13.2 Å². The van der Waals surface area contributed by atoms with Gasteiger partial charge in [0, 0.05) is 25.2 Å². The van der Waals surface area contributed by atoms with Crippen LogP contribution in [0.5, 0.6) is 0 Å². The van der Waals surface area contributed by atoms with E-state index in [4.69, 9.17) is 0 Å². The summed E-state index contributed by atoms with van der Waals surface area (Å²) in [6.45, 7) is 5.29. The first-order chi connectivity index (χ1) is 7.39. The lowest BCUT2D eigenvalue weighted by molar-refractivity contribution is -0.141. The molecule has 0 bridgehead atoms. The fraction of sp³-hybridized carbons (Fsp3) is 0.700. The summed E-state index contributed by atoms with van der Waals surface area (Å²) in [5, 5.41) is 3.60. The molecule has 2 heterocycles. The van der Waals surface area contributed by atoms with E-state index in [2.05, 4.69) is 5.10 Å². The molecule has 1 aromatic rings. The smallest absolute Gasteiger partial charge is 0.354 e. The van der Waals surface area contributed by atoms with E-state index < -0.39 is 11.9 Å². The minimum absolute atomic E-state index is 0.192. The van der Waals surface area contributed by atoms with Crippen molar-refractivity contribution in [1.82, 2.24) is 9.78 Å². The summed E-state index contributed by atoms with van der Waals surface area (Å²) < 4.78 is 39.0. The van der Waals surface area contributed by atoms with Crippen LogP contribution in [0.15, 0.2) is 6.07 Å². The largest absolute Gasteiger partial charge is 0.435 e. The van der Waals surface area contributed by atoms with Gasteiger partial charge in [0.2, 0.25) is 0 Å². The highest BCUT2D eigenvalue weighted by Gasteiger charge is 2.36. The Morgan fingerprint density at radius 3 is 2.56 bits per heavy atom. The summed E-state index contributed by atoms with van der Waals surface area (Å²) in [5.74, 6) is 0.577. The molecule has 90 valence electrons. The number of fused-ring (bicyclic) bond motifs is 1. The summed E-state index contributed by atoms with van der Waals surface area (Å²) in [5.41, 5.74) is -0.796. The monoisotopic (exact) mass is 233 g/mol. The molecule has 0 fully saturated rings. The van der Waals surface area contributed by atoms with Gasteiger partial charge < -0.3 is 4.90 Å². The van der Waals surface area contributed by atoms with Gasteiger partial charge in [-0.2, -0.15) is 18.3 Å². The van der Waals surface area contributed by atoms with Gasteiger partial charge in [0.15, 0.2) is 5.69 Å². The van der Waals surface area contributed by atoms with Crippen molar-refractivity contribution in [2.24, 2.45) is 0 Å². The van der Waals surface area contributed by atoms with E-state index in [0.29, 0.717) is 12.4 Å². The van der Waals surface area contributed by atoms with E-state index in [0.717, 1.165) is 19.0 Å². The van der Waals surface area contributed by atoms with E-state index in [1.165, 1.54) is 4.68 Å². The minimum atomic E-state index is -4.35. The van der Waals surface area contributed by atoms with E-state index in [1.807, 2.05) is 18.7 Å². The molecule has 6 heteroatoms. The van der Waals surface area contributed by atoms with Crippen molar-refractivity contribution in [2.75, 3.05) is 11.4 Å². The third-order valence-corrected chi connectivity index (χ3v) is 2.74. The Bertz CT molecular complexity index is 381. The molecule has 0 amide bonds. The van der Waals surface area contributed by atoms with E-state index in [1.54, 1.807) is 0 Å². The second-order valence-electron chi connectivity index (χ2n) is 4.25. The molecule has 1 aliphatic heterocycles. The predicted molar refractivity (Wildman–Crippen MR) is 54.3 cm³/mol. The highest BCUT2D eigenvalue weighted by atomic mass is 19.4. The van der Waals surface area contributed by atoms with Gasteiger partial charge in [-0.25, -0.2) is 4.68 Å². The number of hydrogen-bond donors (Lipinski definition) is 0. The number of hydrogen-bond acceptors (Lipinski definition) is 2. The van der Waals surface area contributed by atoms with Crippen molar-refractivity contribution >= 4 is 5.82 Å². The van der Waals surface area contributed by atoms with Crippen LogP contribution in [-0.4, -0.2) is 22.4 Å². The summed E-state index contributed by atoms with van der Waals surface area (Å²) in [6.07, 6.45) is -3.52. The molecule has 16 heavy (non-hydrogen) atoms. The van der Waals surface area contributed by atoms with Gasteiger partial charge in [0.25, 0.3) is 0 Å². The molecule has 0 aromatic carbocycles. The first-order valence-electron chi connectivity index (χ1n) is 5.31. The second-order valence-corrected chi connectivity index (χ2v) is 4.25. The number of rotatable bonds is 1. The zero-order valence-electron chi connectivity index (χ0n) is 9.25. The van der Waals surface area contributed by atoms with Gasteiger partial charge in [-0.1, -0.05) is 0 Å². The fourth-order valence-corrected chi connectivity index (χ4v) is 1.97. The third kappa shape index (κ3) is 1.88. The molecule has 0 saturated heterocycles. The Morgan fingerprint density at radius 2 is 2.00 bits per heavy atom. The molecular weight excluding hydrogens is 219 g/mol. The maximum atomic E-state index is 12.5. The van der Waals surface area contributed by atoms with Gasteiger partial charge in [0.1, 0.15) is 5.82 Å². The summed E-state index contributed by atoms with van der Waals surface area (Å²) in [6, 6.07) is 1.33. The van der Waals surface area contributed by atoms with Crippen LogP contribution in [0.3, 0.4) is 0 Å². The number of alkyl halides is 3. The molecule has 2 rings (SSSR count). The first kappa shape index (κ1) is 11.3. The molecule has 3 nitrogen and oxygen atoms in total. The highest BCUT2D eigenvalue weighted by Crippen LogP contribution is 2.33. The molecule has 0 aliphatic carbocycles. The van der Waals surface area contributed by atoms with Gasteiger partial charge in [-0.05, 0) is 20.3 Å². The number of aryl methyl sites for hydroxylation is 1. The van der Waals surface area contributed by atoms with Crippen LogP contribution in [-0.2, 0) is 12.7 Å². The maximum Gasteiger partial charge on any atom is 0.435 e. The normalized spacial score (nSPS) is 16.8. The van der Waals surface area contributed by atoms with E-state index in [9.17, 15) is 13.2 Å². The van der Waals surface area contributed by atoms with Crippen LogP contribution in [0.25, 0.3) is 0 Å².